The molecule has 38 heavy (non-hydrogen) atoms. The number of carboxylic acids is 1. The van der Waals surface area contributed by atoms with Gasteiger partial charge in [0.05, 0.1) is 5.56 Å². The molecule has 0 spiro atoms. The fourth-order valence-corrected chi connectivity index (χ4v) is 4.21. The Bertz CT molecular complexity index is 1550. The predicted octanol–water partition coefficient (Wildman–Crippen LogP) is 2.65. The molecular formula is C26H24N4O7S. The zero-order chi connectivity index (χ0) is 27.2. The van der Waals surface area contributed by atoms with Gasteiger partial charge in [0.25, 0.3) is 0 Å². The molecule has 0 bridgehead atoms. The van der Waals surface area contributed by atoms with Crippen LogP contribution < -0.4 is 27.3 Å². The molecular weight excluding hydrogens is 512 g/mol. The molecule has 7 N–H and O–H groups in total. The summed E-state index contributed by atoms with van der Waals surface area (Å²) in [6.07, 6.45) is 0.581. The van der Waals surface area contributed by atoms with E-state index in [-0.39, 0.29) is 40.1 Å². The second-order valence-electron chi connectivity index (χ2n) is 8.28. The Morgan fingerprint density at radius 1 is 1.00 bits per heavy atom. The molecule has 0 fully saturated rings. The first-order chi connectivity index (χ1) is 18.3. The number of phenols is 1. The van der Waals surface area contributed by atoms with Crippen molar-refractivity contribution in [1.29, 1.82) is 0 Å². The number of carbonyl (C=O) groups is 2. The van der Waals surface area contributed by atoms with Gasteiger partial charge in [-0.1, -0.05) is 6.07 Å². The summed E-state index contributed by atoms with van der Waals surface area (Å²) in [5.41, 5.74) is 1.98. The number of rotatable bonds is 9. The lowest BCUT2D eigenvalue weighted by Crippen LogP contribution is -2.33. The monoisotopic (exact) mass is 536 g/mol. The number of aromatic hydroxyl groups is 1. The number of anilines is 1. The molecule has 12 heteroatoms. The zero-order valence-corrected chi connectivity index (χ0v) is 20.8. The van der Waals surface area contributed by atoms with Crippen LogP contribution in [0.15, 0.2) is 63.8 Å². The Labute approximate surface area is 221 Å². The van der Waals surface area contributed by atoms with E-state index in [1.807, 2.05) is 0 Å². The number of benzene rings is 3. The lowest BCUT2D eigenvalue weighted by molar-refractivity contribution is -0.125. The van der Waals surface area contributed by atoms with E-state index >= 15 is 0 Å². The number of phenolic OH excluding ortho intramolecular Hbond substituents is 1. The molecule has 1 heterocycles. The maximum Gasteiger partial charge on any atom is 0.336 e. The Kier molecular flexibility index (Phi) is 8.16. The minimum absolute atomic E-state index is 0.00397. The average Bonchev–Trinajstić information content (AvgIpc) is 2.87. The van der Waals surface area contributed by atoms with Crippen molar-refractivity contribution in [2.75, 3.05) is 25.0 Å². The summed E-state index contributed by atoms with van der Waals surface area (Å²) < 4.78 is 5.85. The van der Waals surface area contributed by atoms with Gasteiger partial charge in [-0.15, -0.1) is 0 Å². The van der Waals surface area contributed by atoms with Gasteiger partial charge in [0.2, 0.25) is 5.91 Å². The quantitative estimate of drug-likeness (QED) is 0.0802. The SMILES string of the molecule is NOCC(=O)NCCCNC(=S)Nc1ccc(-c2c3ccc(=O)cc-3oc3cc(O)ccc23)c(C(=O)O)c1. The van der Waals surface area contributed by atoms with Crippen LogP contribution in [0.25, 0.3) is 33.4 Å². The highest BCUT2D eigenvalue weighted by atomic mass is 32.1. The van der Waals surface area contributed by atoms with Crippen LogP contribution in [0, 0.1) is 0 Å². The highest BCUT2D eigenvalue weighted by Crippen LogP contribution is 2.42. The van der Waals surface area contributed by atoms with Gasteiger partial charge in [-0.05, 0) is 60.6 Å². The largest absolute Gasteiger partial charge is 0.508 e. The molecule has 0 saturated carbocycles. The smallest absolute Gasteiger partial charge is 0.336 e. The van der Waals surface area contributed by atoms with Crippen LogP contribution in [0.5, 0.6) is 5.75 Å². The van der Waals surface area contributed by atoms with E-state index in [2.05, 4.69) is 20.8 Å². The van der Waals surface area contributed by atoms with Crippen molar-refractivity contribution in [2.45, 2.75) is 6.42 Å². The van der Waals surface area contributed by atoms with Crippen molar-refractivity contribution in [3.63, 3.8) is 0 Å². The first-order valence-corrected chi connectivity index (χ1v) is 11.9. The second-order valence-corrected chi connectivity index (χ2v) is 8.68. The standard InChI is InChI=1S/C26H24N4O7S/c27-36-13-23(33)28-8-1-9-29-26(38)30-14-2-5-17(20(10-14)25(34)35)24-18-6-3-15(31)11-21(18)37-22-12-16(32)4-7-19(22)24/h2-7,10-12,31H,1,8-9,13,27H2,(H,28,33)(H,34,35)(H2,29,30,38). The van der Waals surface area contributed by atoms with Gasteiger partial charge < -0.3 is 30.6 Å². The third-order valence-corrected chi connectivity index (χ3v) is 5.88. The predicted molar refractivity (Wildman–Crippen MR) is 145 cm³/mol. The molecule has 196 valence electrons. The molecule has 0 radical (unpaired) electrons. The molecule has 0 aromatic heterocycles. The van der Waals surface area contributed by atoms with E-state index in [9.17, 15) is 24.6 Å². The number of hydrogen-bond acceptors (Lipinski definition) is 8. The Hall–Kier alpha value is -4.52. The second kappa shape index (κ2) is 11.7. The minimum Gasteiger partial charge on any atom is -0.508 e. The van der Waals surface area contributed by atoms with Crippen molar-refractivity contribution in [1.82, 2.24) is 10.6 Å². The first-order valence-electron chi connectivity index (χ1n) is 11.5. The molecule has 0 atom stereocenters. The number of thiocarbonyl (C=S) groups is 1. The van der Waals surface area contributed by atoms with Crippen LogP contribution >= 0.6 is 12.2 Å². The van der Waals surface area contributed by atoms with E-state index in [0.29, 0.717) is 52.9 Å². The van der Waals surface area contributed by atoms with Gasteiger partial charge in [0, 0.05) is 47.4 Å². The Balaban J connectivity index is 1.60. The van der Waals surface area contributed by atoms with E-state index in [1.165, 1.54) is 30.3 Å². The number of carboxylic acid groups (broad SMARTS) is 1. The average molecular weight is 537 g/mol. The van der Waals surface area contributed by atoms with E-state index in [1.54, 1.807) is 24.3 Å². The van der Waals surface area contributed by atoms with E-state index in [0.717, 1.165) is 0 Å². The van der Waals surface area contributed by atoms with Gasteiger partial charge in [-0.3, -0.25) is 14.4 Å². The summed E-state index contributed by atoms with van der Waals surface area (Å²) in [7, 11) is 0. The van der Waals surface area contributed by atoms with Gasteiger partial charge in [0.1, 0.15) is 23.7 Å². The van der Waals surface area contributed by atoms with Crippen LogP contribution in [0.3, 0.4) is 0 Å². The van der Waals surface area contributed by atoms with Crippen LogP contribution in [0.4, 0.5) is 5.69 Å². The number of fused-ring (bicyclic) bond motifs is 2. The zero-order valence-electron chi connectivity index (χ0n) is 19.9. The lowest BCUT2D eigenvalue weighted by Gasteiger charge is -2.18. The minimum atomic E-state index is -1.17. The maximum absolute atomic E-state index is 12.3. The van der Waals surface area contributed by atoms with E-state index < -0.39 is 5.97 Å². The van der Waals surface area contributed by atoms with Crippen molar-refractivity contribution >= 4 is 45.9 Å². The molecule has 4 rings (SSSR count). The number of carbonyl (C=O) groups excluding carboxylic acids is 1. The highest BCUT2D eigenvalue weighted by molar-refractivity contribution is 7.80. The maximum atomic E-state index is 12.3. The van der Waals surface area contributed by atoms with Crippen molar-refractivity contribution in [3.8, 4) is 28.2 Å². The fraction of sp³-hybridized carbons (Fsp3) is 0.154. The molecule has 0 unspecified atom stereocenters. The summed E-state index contributed by atoms with van der Waals surface area (Å²) in [4.78, 5) is 39.9. The third-order valence-electron chi connectivity index (χ3n) is 5.63. The molecule has 11 nitrogen and oxygen atoms in total. The third kappa shape index (κ3) is 6.06. The summed E-state index contributed by atoms with van der Waals surface area (Å²) in [5.74, 6) is 3.59. The number of nitrogens with two attached hydrogens (primary N) is 1. The summed E-state index contributed by atoms with van der Waals surface area (Å²) in [5, 5.41) is 29.4. The van der Waals surface area contributed by atoms with Crippen LogP contribution in [-0.2, 0) is 9.63 Å². The van der Waals surface area contributed by atoms with Gasteiger partial charge in [0.15, 0.2) is 10.5 Å². The van der Waals surface area contributed by atoms with Crippen LogP contribution in [0.2, 0.25) is 0 Å². The van der Waals surface area contributed by atoms with Crippen LogP contribution in [-0.4, -0.2) is 46.9 Å². The molecule has 2 aromatic carbocycles. The van der Waals surface area contributed by atoms with Crippen molar-refractivity contribution in [3.05, 3.63) is 70.4 Å². The number of aromatic carboxylic acids is 1. The molecule has 1 aliphatic heterocycles. The number of amides is 1. The number of nitrogens with one attached hydrogen (secondary N) is 3. The molecule has 1 amide bonds. The fourth-order valence-electron chi connectivity index (χ4n) is 3.99. The normalized spacial score (nSPS) is 10.9. The Morgan fingerprint density at radius 2 is 1.76 bits per heavy atom. The van der Waals surface area contributed by atoms with Crippen LogP contribution in [0.1, 0.15) is 16.8 Å². The molecule has 2 aliphatic rings. The van der Waals surface area contributed by atoms with Gasteiger partial charge in [-0.2, -0.15) is 0 Å². The van der Waals surface area contributed by atoms with Crippen molar-refractivity contribution < 1.29 is 29.1 Å². The molecule has 1 aliphatic carbocycles. The number of hydrogen-bond donors (Lipinski definition) is 6. The van der Waals surface area contributed by atoms with Gasteiger partial charge >= 0.3 is 5.97 Å². The van der Waals surface area contributed by atoms with Crippen molar-refractivity contribution in [2.24, 2.45) is 5.90 Å². The molecule has 0 saturated heterocycles. The summed E-state index contributed by atoms with van der Waals surface area (Å²) in [6.45, 7) is 0.632. The summed E-state index contributed by atoms with van der Waals surface area (Å²) in [6, 6.07) is 13.6. The van der Waals surface area contributed by atoms with Gasteiger partial charge in [-0.25, -0.2) is 10.7 Å². The highest BCUT2D eigenvalue weighted by Gasteiger charge is 2.22. The summed E-state index contributed by atoms with van der Waals surface area (Å²) >= 11 is 5.31. The van der Waals surface area contributed by atoms with E-state index in [4.69, 9.17) is 22.5 Å². The lowest BCUT2D eigenvalue weighted by atomic mass is 9.90. The molecule has 2 aromatic rings. The topological polar surface area (TPSA) is 176 Å². The first kappa shape index (κ1) is 26.5. The Morgan fingerprint density at radius 3 is 2.53 bits per heavy atom.